The van der Waals surface area contributed by atoms with Gasteiger partial charge in [-0.3, -0.25) is 4.79 Å². The average Bonchev–Trinajstić information content (AvgIpc) is 2.84. The van der Waals surface area contributed by atoms with E-state index in [0.717, 1.165) is 40.8 Å². The van der Waals surface area contributed by atoms with E-state index in [9.17, 15) is 4.79 Å². The van der Waals surface area contributed by atoms with E-state index >= 15 is 0 Å². The molecule has 5 rings (SSSR count). The first-order chi connectivity index (χ1) is 14.8. The Labute approximate surface area is 176 Å². The van der Waals surface area contributed by atoms with Crippen LogP contribution in [0.5, 0.6) is 0 Å². The fourth-order valence-electron chi connectivity index (χ4n) is 4.09. The van der Waals surface area contributed by atoms with Crippen LogP contribution in [0.2, 0.25) is 0 Å². The van der Waals surface area contributed by atoms with E-state index in [-0.39, 0.29) is 5.91 Å². The van der Waals surface area contributed by atoms with Crippen LogP contribution in [0.3, 0.4) is 0 Å². The van der Waals surface area contributed by atoms with Crippen molar-refractivity contribution in [3.05, 3.63) is 96.6 Å². The Bertz CT molecular complexity index is 1170. The zero-order valence-electron chi connectivity index (χ0n) is 16.7. The molecule has 0 unspecified atom stereocenters. The van der Waals surface area contributed by atoms with E-state index in [4.69, 9.17) is 4.98 Å². The first-order valence-corrected chi connectivity index (χ1v) is 10.3. The number of piperazine rings is 1. The largest absolute Gasteiger partial charge is 0.368 e. The van der Waals surface area contributed by atoms with Crippen molar-refractivity contribution in [1.29, 1.82) is 0 Å². The number of rotatable bonds is 3. The van der Waals surface area contributed by atoms with Crippen molar-refractivity contribution in [1.82, 2.24) is 9.88 Å². The summed E-state index contributed by atoms with van der Waals surface area (Å²) in [5.74, 6) is 0.0819. The second-order valence-corrected chi connectivity index (χ2v) is 7.55. The number of carbonyl (C=O) groups excluding carboxylic acids is 1. The normalized spacial score (nSPS) is 14.1. The number of nitrogens with zero attached hydrogens (tertiary/aromatic N) is 3. The Morgan fingerprint density at radius 3 is 2.10 bits per heavy atom. The summed E-state index contributed by atoms with van der Waals surface area (Å²) < 4.78 is 0. The van der Waals surface area contributed by atoms with Crippen molar-refractivity contribution >= 4 is 22.5 Å². The highest BCUT2D eigenvalue weighted by atomic mass is 16.2. The maximum atomic E-state index is 13.5. The maximum Gasteiger partial charge on any atom is 0.254 e. The molecule has 148 valence electrons. The average molecular weight is 393 g/mol. The van der Waals surface area contributed by atoms with Crippen molar-refractivity contribution in [2.45, 2.75) is 0 Å². The third kappa shape index (κ3) is 3.52. The molecule has 0 atom stereocenters. The predicted octanol–water partition coefficient (Wildman–Crippen LogP) is 4.86. The number of benzene rings is 3. The van der Waals surface area contributed by atoms with Crippen LogP contribution in [0.25, 0.3) is 22.2 Å². The van der Waals surface area contributed by atoms with Gasteiger partial charge >= 0.3 is 0 Å². The van der Waals surface area contributed by atoms with Gasteiger partial charge in [-0.15, -0.1) is 0 Å². The lowest BCUT2D eigenvalue weighted by atomic mass is 10.0. The summed E-state index contributed by atoms with van der Waals surface area (Å²) in [5.41, 5.74) is 4.65. The van der Waals surface area contributed by atoms with Gasteiger partial charge in [0.2, 0.25) is 0 Å². The lowest BCUT2D eigenvalue weighted by Gasteiger charge is -2.36. The summed E-state index contributed by atoms with van der Waals surface area (Å²) in [7, 11) is 0. The molecule has 1 aliphatic heterocycles. The van der Waals surface area contributed by atoms with Crippen molar-refractivity contribution in [3.63, 3.8) is 0 Å². The fourth-order valence-corrected chi connectivity index (χ4v) is 4.09. The molecule has 3 aromatic carbocycles. The van der Waals surface area contributed by atoms with Gasteiger partial charge in [-0.05, 0) is 24.3 Å². The third-order valence-corrected chi connectivity index (χ3v) is 5.70. The molecule has 1 amide bonds. The number of pyridine rings is 1. The molecule has 0 aliphatic carbocycles. The number of aromatic nitrogens is 1. The number of para-hydroxylation sites is 2. The van der Waals surface area contributed by atoms with Crippen LogP contribution >= 0.6 is 0 Å². The third-order valence-electron chi connectivity index (χ3n) is 5.70. The van der Waals surface area contributed by atoms with Crippen LogP contribution in [-0.4, -0.2) is 42.0 Å². The first-order valence-electron chi connectivity index (χ1n) is 10.3. The molecule has 2 heterocycles. The van der Waals surface area contributed by atoms with Crippen molar-refractivity contribution in [3.8, 4) is 11.3 Å². The topological polar surface area (TPSA) is 36.4 Å². The van der Waals surface area contributed by atoms with Gasteiger partial charge in [0.25, 0.3) is 5.91 Å². The quantitative estimate of drug-likeness (QED) is 0.499. The van der Waals surface area contributed by atoms with E-state index in [1.54, 1.807) is 0 Å². The second-order valence-electron chi connectivity index (χ2n) is 7.55. The maximum absolute atomic E-state index is 13.5. The SMILES string of the molecule is O=C(c1cc(-c2ccccc2)nc2ccccc12)N1CCN(c2ccccc2)CC1. The zero-order valence-corrected chi connectivity index (χ0v) is 16.7. The molecular weight excluding hydrogens is 370 g/mol. The molecule has 1 aliphatic rings. The van der Waals surface area contributed by atoms with E-state index in [1.807, 2.05) is 71.6 Å². The number of anilines is 1. The van der Waals surface area contributed by atoms with Crippen LogP contribution in [0.1, 0.15) is 10.4 Å². The molecular formula is C26H23N3O. The summed E-state index contributed by atoms with van der Waals surface area (Å²) in [6.45, 7) is 3.10. The molecule has 0 radical (unpaired) electrons. The Hall–Kier alpha value is -3.66. The standard InChI is InChI=1S/C26H23N3O/c30-26(29-17-15-28(16-18-29)21-11-5-2-6-12-21)23-19-25(20-9-3-1-4-10-20)27-24-14-8-7-13-22(23)24/h1-14,19H,15-18H2. The molecule has 1 fully saturated rings. The van der Waals surface area contributed by atoms with Crippen LogP contribution in [0.15, 0.2) is 91.0 Å². The Morgan fingerprint density at radius 2 is 1.37 bits per heavy atom. The Balaban J connectivity index is 1.45. The zero-order chi connectivity index (χ0) is 20.3. The number of hydrogen-bond donors (Lipinski definition) is 0. The molecule has 0 spiro atoms. The monoisotopic (exact) mass is 393 g/mol. The number of hydrogen-bond acceptors (Lipinski definition) is 3. The highest BCUT2D eigenvalue weighted by Gasteiger charge is 2.24. The molecule has 4 heteroatoms. The lowest BCUT2D eigenvalue weighted by Crippen LogP contribution is -2.48. The fraction of sp³-hybridized carbons (Fsp3) is 0.154. The number of carbonyl (C=O) groups is 1. The van der Waals surface area contributed by atoms with Gasteiger partial charge in [-0.1, -0.05) is 66.7 Å². The van der Waals surface area contributed by atoms with Gasteiger partial charge in [0, 0.05) is 42.8 Å². The molecule has 0 saturated carbocycles. The Kier molecular flexibility index (Phi) is 4.89. The van der Waals surface area contributed by atoms with Crippen molar-refractivity contribution in [2.75, 3.05) is 31.1 Å². The van der Waals surface area contributed by atoms with Crippen molar-refractivity contribution < 1.29 is 4.79 Å². The molecule has 0 bridgehead atoms. The molecule has 1 saturated heterocycles. The molecule has 4 nitrogen and oxygen atoms in total. The smallest absolute Gasteiger partial charge is 0.254 e. The summed E-state index contributed by atoms with van der Waals surface area (Å²) in [5, 5.41) is 0.910. The highest BCUT2D eigenvalue weighted by molar-refractivity contribution is 6.07. The van der Waals surface area contributed by atoms with E-state index < -0.39 is 0 Å². The highest BCUT2D eigenvalue weighted by Crippen LogP contribution is 2.26. The van der Waals surface area contributed by atoms with Gasteiger partial charge in [0.15, 0.2) is 0 Å². The summed E-state index contributed by atoms with van der Waals surface area (Å²) in [6.07, 6.45) is 0. The van der Waals surface area contributed by atoms with Crippen LogP contribution in [0, 0.1) is 0 Å². The summed E-state index contributed by atoms with van der Waals surface area (Å²) >= 11 is 0. The number of fused-ring (bicyclic) bond motifs is 1. The predicted molar refractivity (Wildman–Crippen MR) is 122 cm³/mol. The Morgan fingerprint density at radius 1 is 0.733 bits per heavy atom. The van der Waals surface area contributed by atoms with Crippen molar-refractivity contribution in [2.24, 2.45) is 0 Å². The summed E-state index contributed by atoms with van der Waals surface area (Å²) in [6, 6.07) is 30.3. The molecule has 4 aromatic rings. The van der Waals surface area contributed by atoms with Gasteiger partial charge in [-0.25, -0.2) is 4.98 Å². The van der Waals surface area contributed by atoms with Crippen LogP contribution < -0.4 is 4.90 Å². The minimum absolute atomic E-state index is 0.0819. The first kappa shape index (κ1) is 18.4. The van der Waals surface area contributed by atoms with Gasteiger partial charge in [-0.2, -0.15) is 0 Å². The number of amides is 1. The van der Waals surface area contributed by atoms with Gasteiger partial charge < -0.3 is 9.80 Å². The van der Waals surface area contributed by atoms with E-state index in [0.29, 0.717) is 13.1 Å². The van der Waals surface area contributed by atoms with E-state index in [2.05, 4.69) is 29.2 Å². The summed E-state index contributed by atoms with van der Waals surface area (Å²) in [4.78, 5) is 22.6. The van der Waals surface area contributed by atoms with Crippen LogP contribution in [-0.2, 0) is 0 Å². The minimum Gasteiger partial charge on any atom is -0.368 e. The van der Waals surface area contributed by atoms with E-state index in [1.165, 1.54) is 5.69 Å². The molecule has 1 aromatic heterocycles. The molecule has 30 heavy (non-hydrogen) atoms. The lowest BCUT2D eigenvalue weighted by molar-refractivity contribution is 0.0748. The molecule has 0 N–H and O–H groups in total. The minimum atomic E-state index is 0.0819. The second kappa shape index (κ2) is 7.99. The van der Waals surface area contributed by atoms with Crippen LogP contribution in [0.4, 0.5) is 5.69 Å². The van der Waals surface area contributed by atoms with Gasteiger partial charge in [0.1, 0.15) is 0 Å². The van der Waals surface area contributed by atoms with Gasteiger partial charge in [0.05, 0.1) is 16.8 Å².